The van der Waals surface area contributed by atoms with Gasteiger partial charge in [-0.3, -0.25) is 30.3 Å². The van der Waals surface area contributed by atoms with Gasteiger partial charge in [-0.05, 0) is 0 Å². The zero-order chi connectivity index (χ0) is 12.5. The maximum Gasteiger partial charge on any atom is 0.343 e. The highest BCUT2D eigenvalue weighted by Gasteiger charge is 2.31. The molecule has 0 atom stereocenters. The summed E-state index contributed by atoms with van der Waals surface area (Å²) in [5, 5.41) is 31.4. The van der Waals surface area contributed by atoms with E-state index in [4.69, 9.17) is 0 Å². The topological polar surface area (TPSA) is 157 Å². The van der Waals surface area contributed by atoms with Crippen LogP contribution in [0.2, 0.25) is 0 Å². The van der Waals surface area contributed by atoms with E-state index in [1.807, 2.05) is 0 Å². The van der Waals surface area contributed by atoms with Gasteiger partial charge in [0.15, 0.2) is 0 Å². The van der Waals surface area contributed by atoms with Crippen molar-refractivity contribution in [3.05, 3.63) is 42.5 Å². The smallest absolute Gasteiger partial charge is 0.313 e. The second-order valence-electron chi connectivity index (χ2n) is 2.73. The number of hydrogen-bond acceptors (Lipinski definition) is 6. The van der Waals surface area contributed by atoms with Gasteiger partial charge in [-0.2, -0.15) is 0 Å². The van der Waals surface area contributed by atoms with Gasteiger partial charge in [0.05, 0.1) is 14.8 Å². The number of benzene rings is 1. The first-order chi connectivity index (χ1) is 7.34. The Morgan fingerprint density at radius 1 is 0.875 bits per heavy atom. The van der Waals surface area contributed by atoms with E-state index in [2.05, 4.69) is 5.73 Å². The van der Waals surface area contributed by atoms with Gasteiger partial charge in [0.25, 0.3) is 11.4 Å². The number of quaternary nitrogens is 1. The van der Waals surface area contributed by atoms with Gasteiger partial charge in [-0.25, -0.2) is 0 Å². The SMILES string of the molecule is [NH3+]c1c([N+](=O)[O-])cc([N+](=O)[O-])cc1[N+](=O)[O-]. The molecule has 10 heteroatoms. The molecule has 3 N–H and O–H groups in total. The van der Waals surface area contributed by atoms with Crippen molar-refractivity contribution in [3.63, 3.8) is 0 Å². The lowest BCUT2D eigenvalue weighted by Crippen LogP contribution is -2.41. The fourth-order valence-corrected chi connectivity index (χ4v) is 1.06. The van der Waals surface area contributed by atoms with Crippen LogP contribution in [0.25, 0.3) is 0 Å². The van der Waals surface area contributed by atoms with Crippen LogP contribution >= 0.6 is 0 Å². The van der Waals surface area contributed by atoms with Crippen LogP contribution in [0.1, 0.15) is 0 Å². The molecular formula is C6H5N4O6+. The highest BCUT2D eigenvalue weighted by Crippen LogP contribution is 2.34. The molecule has 84 valence electrons. The third-order valence-corrected chi connectivity index (χ3v) is 1.79. The monoisotopic (exact) mass is 229 g/mol. The van der Waals surface area contributed by atoms with Crippen molar-refractivity contribution >= 4 is 22.7 Å². The van der Waals surface area contributed by atoms with E-state index in [9.17, 15) is 30.3 Å². The minimum Gasteiger partial charge on any atom is -0.313 e. The Balaban J connectivity index is 3.57. The fourth-order valence-electron chi connectivity index (χ4n) is 1.06. The molecule has 1 rings (SSSR count). The summed E-state index contributed by atoms with van der Waals surface area (Å²) in [4.78, 5) is 28.5. The minimum absolute atomic E-state index is 0.458. The van der Waals surface area contributed by atoms with Crippen molar-refractivity contribution in [2.24, 2.45) is 0 Å². The van der Waals surface area contributed by atoms with Crippen molar-refractivity contribution in [1.82, 2.24) is 0 Å². The number of rotatable bonds is 3. The van der Waals surface area contributed by atoms with Gasteiger partial charge < -0.3 is 5.73 Å². The molecule has 0 unspecified atom stereocenters. The molecule has 0 aliphatic heterocycles. The van der Waals surface area contributed by atoms with Gasteiger partial charge in [-0.1, -0.05) is 0 Å². The molecule has 0 spiro atoms. The summed E-state index contributed by atoms with van der Waals surface area (Å²) in [7, 11) is 0. The summed E-state index contributed by atoms with van der Waals surface area (Å²) < 4.78 is 0. The Bertz CT molecular complexity index is 463. The molecule has 1 aromatic rings. The maximum absolute atomic E-state index is 10.5. The average molecular weight is 229 g/mol. The summed E-state index contributed by atoms with van der Waals surface area (Å²) in [6, 6.07) is 1.27. The molecule has 10 nitrogen and oxygen atoms in total. The van der Waals surface area contributed by atoms with Crippen molar-refractivity contribution in [3.8, 4) is 0 Å². The first kappa shape index (κ1) is 11.5. The van der Waals surface area contributed by atoms with Crippen molar-refractivity contribution < 1.29 is 20.5 Å². The first-order valence-corrected chi connectivity index (χ1v) is 3.77. The van der Waals surface area contributed by atoms with Crippen LogP contribution in [0.5, 0.6) is 0 Å². The number of hydrogen-bond donors (Lipinski definition) is 1. The van der Waals surface area contributed by atoms with Gasteiger partial charge in [-0.15, -0.1) is 0 Å². The Kier molecular flexibility index (Phi) is 2.76. The molecule has 0 heterocycles. The Hall–Kier alpha value is -2.62. The van der Waals surface area contributed by atoms with Gasteiger partial charge in [0, 0.05) is 0 Å². The quantitative estimate of drug-likeness (QED) is 0.579. The van der Waals surface area contributed by atoms with E-state index in [0.717, 1.165) is 0 Å². The number of nitro groups is 3. The second-order valence-corrected chi connectivity index (χ2v) is 2.73. The van der Waals surface area contributed by atoms with Crippen LogP contribution in [-0.4, -0.2) is 14.8 Å². The summed E-state index contributed by atoms with van der Waals surface area (Å²) in [6.45, 7) is 0. The van der Waals surface area contributed by atoms with Crippen molar-refractivity contribution in [2.75, 3.05) is 0 Å². The molecule has 0 bridgehead atoms. The van der Waals surface area contributed by atoms with E-state index in [0.29, 0.717) is 12.1 Å². The predicted octanol–water partition coefficient (Wildman–Crippen LogP) is 0.285. The van der Waals surface area contributed by atoms with Crippen LogP contribution in [-0.2, 0) is 0 Å². The lowest BCUT2D eigenvalue weighted by atomic mass is 10.2. The molecular weight excluding hydrogens is 224 g/mol. The average Bonchev–Trinajstić information content (AvgIpc) is 2.16. The molecule has 1 aromatic carbocycles. The fraction of sp³-hybridized carbons (Fsp3) is 0. The lowest BCUT2D eigenvalue weighted by molar-refractivity contribution is -0.417. The second kappa shape index (κ2) is 3.86. The largest absolute Gasteiger partial charge is 0.343 e. The van der Waals surface area contributed by atoms with E-state index in [1.54, 1.807) is 0 Å². The van der Waals surface area contributed by atoms with Crippen LogP contribution in [0.3, 0.4) is 0 Å². The Morgan fingerprint density at radius 2 is 1.25 bits per heavy atom. The highest BCUT2D eigenvalue weighted by molar-refractivity contribution is 5.69. The van der Waals surface area contributed by atoms with Crippen LogP contribution in [0.15, 0.2) is 12.1 Å². The van der Waals surface area contributed by atoms with Crippen LogP contribution in [0, 0.1) is 30.3 Å². The summed E-state index contributed by atoms with van der Waals surface area (Å²) in [5.41, 5.74) is 0.485. The zero-order valence-electron chi connectivity index (χ0n) is 7.65. The number of nitrogens with zero attached hydrogens (tertiary/aromatic N) is 3. The van der Waals surface area contributed by atoms with Crippen LogP contribution in [0.4, 0.5) is 22.7 Å². The normalized spacial score (nSPS) is 9.81. The van der Waals surface area contributed by atoms with Gasteiger partial charge in [0.1, 0.15) is 12.1 Å². The first-order valence-electron chi connectivity index (χ1n) is 3.77. The minimum atomic E-state index is -0.956. The van der Waals surface area contributed by atoms with E-state index in [-0.39, 0.29) is 0 Å². The maximum atomic E-state index is 10.5. The summed E-state index contributed by atoms with van der Waals surface area (Å²) in [6.07, 6.45) is 0. The molecule has 0 aliphatic carbocycles. The van der Waals surface area contributed by atoms with Gasteiger partial charge >= 0.3 is 11.4 Å². The molecule has 0 saturated carbocycles. The predicted molar refractivity (Wildman–Crippen MR) is 49.0 cm³/mol. The molecule has 0 aliphatic rings. The van der Waals surface area contributed by atoms with E-state index in [1.165, 1.54) is 0 Å². The summed E-state index contributed by atoms with van der Waals surface area (Å²) >= 11 is 0. The van der Waals surface area contributed by atoms with Crippen molar-refractivity contribution in [2.45, 2.75) is 0 Å². The third-order valence-electron chi connectivity index (χ3n) is 1.79. The molecule has 16 heavy (non-hydrogen) atoms. The Labute approximate surface area is 86.7 Å². The number of non-ortho nitro benzene ring substituents is 1. The lowest BCUT2D eigenvalue weighted by Gasteiger charge is -1.96. The molecule has 0 saturated heterocycles. The molecule has 0 aromatic heterocycles. The number of nitro benzene ring substituents is 3. The van der Waals surface area contributed by atoms with Crippen molar-refractivity contribution in [1.29, 1.82) is 0 Å². The third kappa shape index (κ3) is 1.90. The Morgan fingerprint density at radius 3 is 1.50 bits per heavy atom. The summed E-state index contributed by atoms with van der Waals surface area (Å²) in [5.74, 6) is 0. The molecule has 0 radical (unpaired) electrons. The van der Waals surface area contributed by atoms with Crippen LogP contribution < -0.4 is 5.73 Å². The molecule has 0 fully saturated rings. The van der Waals surface area contributed by atoms with E-state index >= 15 is 0 Å². The zero-order valence-corrected chi connectivity index (χ0v) is 7.65. The van der Waals surface area contributed by atoms with E-state index < -0.39 is 37.5 Å². The molecule has 0 amide bonds. The standard InChI is InChI=1S/C6H4N4O6/c7-6-4(9(13)14)1-3(8(11)12)2-5(6)10(15)16/h1-2H,7H2/p+1. The van der Waals surface area contributed by atoms with Gasteiger partial charge in [0.2, 0.25) is 0 Å². The highest BCUT2D eigenvalue weighted by atomic mass is 16.6.